The molecule has 0 unspecified atom stereocenters. The van der Waals surface area contributed by atoms with Gasteiger partial charge in [-0.05, 0) is 34.2 Å². The zero-order chi connectivity index (χ0) is 16.9. The summed E-state index contributed by atoms with van der Waals surface area (Å²) >= 11 is 0. The summed E-state index contributed by atoms with van der Waals surface area (Å²) in [5.41, 5.74) is 3.25. The first kappa shape index (κ1) is 16.7. The molecule has 0 spiro atoms. The smallest absolute Gasteiger partial charge is 0.269 e. The topological polar surface area (TPSA) is 64.7 Å². The fourth-order valence-electron chi connectivity index (χ4n) is 1.99. The monoisotopic (exact) mass is 312 g/mol. The number of hydrogen-bond donors (Lipinski definition) is 0. The molecule has 120 valence electrons. The maximum Gasteiger partial charge on any atom is 0.269 e. The Bertz CT molecular complexity index is 684. The summed E-state index contributed by atoms with van der Waals surface area (Å²) in [5.74, 6) is 0. The van der Waals surface area contributed by atoms with Crippen molar-refractivity contribution in [1.82, 2.24) is 0 Å². The first-order valence-corrected chi connectivity index (χ1v) is 7.35. The number of oxime groups is 1. The van der Waals surface area contributed by atoms with E-state index >= 15 is 0 Å². The standard InChI is InChI=1S/C18H20N2O3/c1-18(2,3)16-8-4-14(5-9-16)12-19-23-13-15-6-10-17(11-7-15)20(21)22/h4-12H,13H2,1-3H3/b19-12-. The number of rotatable bonds is 5. The molecule has 0 heterocycles. The third-order valence-corrected chi connectivity index (χ3v) is 3.43. The number of hydrogen-bond acceptors (Lipinski definition) is 4. The summed E-state index contributed by atoms with van der Waals surface area (Å²) in [6.45, 7) is 6.78. The molecule has 0 radical (unpaired) electrons. The number of nitro benzene ring substituents is 1. The van der Waals surface area contributed by atoms with Crippen LogP contribution in [0.3, 0.4) is 0 Å². The van der Waals surface area contributed by atoms with Gasteiger partial charge in [0.25, 0.3) is 5.69 Å². The van der Waals surface area contributed by atoms with Gasteiger partial charge in [-0.3, -0.25) is 10.1 Å². The Labute approximate surface area is 135 Å². The summed E-state index contributed by atoms with van der Waals surface area (Å²) in [7, 11) is 0. The molecule has 0 N–H and O–H groups in total. The highest BCUT2D eigenvalue weighted by Crippen LogP contribution is 2.21. The van der Waals surface area contributed by atoms with Crippen molar-refractivity contribution in [2.24, 2.45) is 5.16 Å². The van der Waals surface area contributed by atoms with Crippen LogP contribution in [0.4, 0.5) is 5.69 Å². The van der Waals surface area contributed by atoms with Gasteiger partial charge in [-0.15, -0.1) is 0 Å². The molecule has 0 bridgehead atoms. The lowest BCUT2D eigenvalue weighted by atomic mass is 9.87. The van der Waals surface area contributed by atoms with Crippen molar-refractivity contribution in [1.29, 1.82) is 0 Å². The molecule has 0 aliphatic carbocycles. The molecule has 5 nitrogen and oxygen atoms in total. The van der Waals surface area contributed by atoms with E-state index in [4.69, 9.17) is 4.84 Å². The van der Waals surface area contributed by atoms with Crippen molar-refractivity contribution < 1.29 is 9.76 Å². The van der Waals surface area contributed by atoms with Gasteiger partial charge in [0.15, 0.2) is 0 Å². The molecule has 0 atom stereocenters. The third-order valence-electron chi connectivity index (χ3n) is 3.43. The fourth-order valence-corrected chi connectivity index (χ4v) is 1.99. The second kappa shape index (κ2) is 7.05. The molecule has 5 heteroatoms. The van der Waals surface area contributed by atoms with Gasteiger partial charge in [0.2, 0.25) is 0 Å². The Kier molecular flexibility index (Phi) is 5.11. The first-order chi connectivity index (χ1) is 10.9. The summed E-state index contributed by atoms with van der Waals surface area (Å²) in [6, 6.07) is 14.4. The highest BCUT2D eigenvalue weighted by molar-refractivity contribution is 5.79. The van der Waals surface area contributed by atoms with Crippen molar-refractivity contribution in [3.63, 3.8) is 0 Å². The Morgan fingerprint density at radius 2 is 1.70 bits per heavy atom. The van der Waals surface area contributed by atoms with E-state index in [1.165, 1.54) is 17.7 Å². The first-order valence-electron chi connectivity index (χ1n) is 7.35. The lowest BCUT2D eigenvalue weighted by Gasteiger charge is -2.18. The third kappa shape index (κ3) is 4.92. The van der Waals surface area contributed by atoms with Gasteiger partial charge < -0.3 is 4.84 Å². The molecule has 0 saturated heterocycles. The molecule has 0 aliphatic rings. The molecule has 0 fully saturated rings. The normalized spacial score (nSPS) is 11.6. The average Bonchev–Trinajstić information content (AvgIpc) is 2.51. The van der Waals surface area contributed by atoms with Gasteiger partial charge in [0, 0.05) is 12.1 Å². The van der Waals surface area contributed by atoms with E-state index < -0.39 is 4.92 Å². The highest BCUT2D eigenvalue weighted by Gasteiger charge is 2.12. The molecule has 0 aliphatic heterocycles. The second-order valence-corrected chi connectivity index (χ2v) is 6.30. The maximum atomic E-state index is 10.6. The SMILES string of the molecule is CC(C)(C)c1ccc(/C=N\OCc2ccc([N+](=O)[O-])cc2)cc1. The van der Waals surface area contributed by atoms with E-state index in [1.807, 2.05) is 12.1 Å². The van der Waals surface area contributed by atoms with E-state index in [1.54, 1.807) is 18.3 Å². The van der Waals surface area contributed by atoms with Crippen molar-refractivity contribution >= 4 is 11.9 Å². The van der Waals surface area contributed by atoms with Crippen LogP contribution in [0.5, 0.6) is 0 Å². The van der Waals surface area contributed by atoms with E-state index in [0.717, 1.165) is 11.1 Å². The van der Waals surface area contributed by atoms with Crippen LogP contribution < -0.4 is 0 Å². The van der Waals surface area contributed by atoms with Crippen LogP contribution in [0.2, 0.25) is 0 Å². The number of nitro groups is 1. The molecular weight excluding hydrogens is 292 g/mol. The minimum atomic E-state index is -0.427. The van der Waals surface area contributed by atoms with Crippen LogP contribution in [0, 0.1) is 10.1 Å². The Morgan fingerprint density at radius 3 is 2.22 bits per heavy atom. The highest BCUT2D eigenvalue weighted by atomic mass is 16.6. The van der Waals surface area contributed by atoms with Crippen LogP contribution in [0.25, 0.3) is 0 Å². The number of non-ortho nitro benzene ring substituents is 1. The number of benzene rings is 2. The molecular formula is C18H20N2O3. The van der Waals surface area contributed by atoms with Crippen LogP contribution in [0.1, 0.15) is 37.5 Å². The lowest BCUT2D eigenvalue weighted by Crippen LogP contribution is -2.10. The van der Waals surface area contributed by atoms with Crippen molar-refractivity contribution in [3.05, 3.63) is 75.3 Å². The van der Waals surface area contributed by atoms with Crippen LogP contribution >= 0.6 is 0 Å². The maximum absolute atomic E-state index is 10.6. The fraction of sp³-hybridized carbons (Fsp3) is 0.278. The average molecular weight is 312 g/mol. The van der Waals surface area contributed by atoms with Crippen molar-refractivity contribution in [2.75, 3.05) is 0 Å². The van der Waals surface area contributed by atoms with Crippen LogP contribution in [-0.4, -0.2) is 11.1 Å². The summed E-state index contributed by atoms with van der Waals surface area (Å²) in [6.07, 6.45) is 1.65. The summed E-state index contributed by atoms with van der Waals surface area (Å²) < 4.78 is 0. The van der Waals surface area contributed by atoms with Gasteiger partial charge in [0.05, 0.1) is 11.1 Å². The Morgan fingerprint density at radius 1 is 1.09 bits per heavy atom. The zero-order valence-electron chi connectivity index (χ0n) is 13.5. The van der Waals surface area contributed by atoms with E-state index in [-0.39, 0.29) is 17.7 Å². The van der Waals surface area contributed by atoms with Crippen molar-refractivity contribution in [3.8, 4) is 0 Å². The predicted molar refractivity (Wildman–Crippen MR) is 90.6 cm³/mol. The Balaban J connectivity index is 1.88. The van der Waals surface area contributed by atoms with Gasteiger partial charge in [-0.2, -0.15) is 0 Å². The molecule has 0 aromatic heterocycles. The van der Waals surface area contributed by atoms with Gasteiger partial charge in [-0.1, -0.05) is 50.2 Å². The van der Waals surface area contributed by atoms with Gasteiger partial charge in [-0.25, -0.2) is 0 Å². The minimum Gasteiger partial charge on any atom is -0.391 e. The van der Waals surface area contributed by atoms with Crippen molar-refractivity contribution in [2.45, 2.75) is 32.8 Å². The second-order valence-electron chi connectivity index (χ2n) is 6.30. The van der Waals surface area contributed by atoms with E-state index in [9.17, 15) is 10.1 Å². The predicted octanol–water partition coefficient (Wildman–Crippen LogP) is 4.44. The Hall–Kier alpha value is -2.69. The van der Waals surface area contributed by atoms with E-state index in [0.29, 0.717) is 0 Å². The largest absolute Gasteiger partial charge is 0.391 e. The molecule has 0 amide bonds. The zero-order valence-corrected chi connectivity index (χ0v) is 13.5. The number of nitrogens with zero attached hydrogens (tertiary/aromatic N) is 2. The van der Waals surface area contributed by atoms with Gasteiger partial charge >= 0.3 is 0 Å². The molecule has 2 aromatic carbocycles. The van der Waals surface area contributed by atoms with E-state index in [2.05, 4.69) is 38.1 Å². The summed E-state index contributed by atoms with van der Waals surface area (Å²) in [5, 5.41) is 14.5. The molecule has 2 rings (SSSR count). The molecule has 23 heavy (non-hydrogen) atoms. The minimum absolute atomic E-state index is 0.0659. The lowest BCUT2D eigenvalue weighted by molar-refractivity contribution is -0.384. The van der Waals surface area contributed by atoms with Crippen LogP contribution in [0.15, 0.2) is 53.7 Å². The van der Waals surface area contributed by atoms with Gasteiger partial charge in [0.1, 0.15) is 6.61 Å². The van der Waals surface area contributed by atoms with Crippen LogP contribution in [-0.2, 0) is 16.9 Å². The quantitative estimate of drug-likeness (QED) is 0.465. The molecule has 2 aromatic rings. The molecule has 0 saturated carbocycles. The summed E-state index contributed by atoms with van der Waals surface area (Å²) in [4.78, 5) is 15.4.